The standard InChI is InChI=1S/C11H19F3N2O/c1-8(15)9-3-2-6-16(7-9)10(17)4-5-11(12,13)14/h8-9H,2-7,15H2,1H3/t8-,9-/m1/s1. The third kappa shape index (κ3) is 4.93. The molecule has 1 fully saturated rings. The van der Waals surface area contributed by atoms with Crippen LogP contribution in [0.25, 0.3) is 0 Å². The number of hydrogen-bond acceptors (Lipinski definition) is 2. The van der Waals surface area contributed by atoms with Crippen LogP contribution in [0.3, 0.4) is 0 Å². The van der Waals surface area contributed by atoms with Gasteiger partial charge in [-0.05, 0) is 25.7 Å². The monoisotopic (exact) mass is 252 g/mol. The fourth-order valence-corrected chi connectivity index (χ4v) is 2.07. The number of rotatable bonds is 3. The lowest BCUT2D eigenvalue weighted by molar-refractivity contribution is -0.150. The second kappa shape index (κ2) is 5.71. The summed E-state index contributed by atoms with van der Waals surface area (Å²) in [6.45, 7) is 2.92. The molecule has 2 atom stereocenters. The maximum absolute atomic E-state index is 12.0. The summed E-state index contributed by atoms with van der Waals surface area (Å²) < 4.78 is 36.0. The van der Waals surface area contributed by atoms with Gasteiger partial charge in [0.25, 0.3) is 0 Å². The SMILES string of the molecule is C[C@@H](N)[C@@H]1CCCN(C(=O)CCC(F)(F)F)C1. The van der Waals surface area contributed by atoms with Crippen LogP contribution in [-0.4, -0.2) is 36.1 Å². The van der Waals surface area contributed by atoms with Crippen LogP contribution in [0.1, 0.15) is 32.6 Å². The summed E-state index contributed by atoms with van der Waals surface area (Å²) in [6, 6.07) is -0.0202. The zero-order valence-corrected chi connectivity index (χ0v) is 9.96. The fourth-order valence-electron chi connectivity index (χ4n) is 2.07. The minimum Gasteiger partial charge on any atom is -0.342 e. The minimum atomic E-state index is -4.26. The van der Waals surface area contributed by atoms with E-state index in [0.29, 0.717) is 13.1 Å². The third-order valence-electron chi connectivity index (χ3n) is 3.18. The molecule has 1 heterocycles. The second-order valence-corrected chi connectivity index (χ2v) is 4.72. The molecule has 100 valence electrons. The number of amides is 1. The number of nitrogens with two attached hydrogens (primary N) is 1. The molecule has 1 amide bonds. The van der Waals surface area contributed by atoms with Gasteiger partial charge < -0.3 is 10.6 Å². The second-order valence-electron chi connectivity index (χ2n) is 4.72. The van der Waals surface area contributed by atoms with Gasteiger partial charge >= 0.3 is 6.18 Å². The van der Waals surface area contributed by atoms with E-state index in [0.717, 1.165) is 12.8 Å². The molecule has 1 rings (SSSR count). The van der Waals surface area contributed by atoms with Crippen molar-refractivity contribution in [3.63, 3.8) is 0 Å². The summed E-state index contributed by atoms with van der Waals surface area (Å²) in [6.07, 6.45) is -3.98. The number of nitrogens with zero attached hydrogens (tertiary/aromatic N) is 1. The Bertz CT molecular complexity index is 266. The van der Waals surface area contributed by atoms with E-state index in [1.54, 1.807) is 0 Å². The van der Waals surface area contributed by atoms with Gasteiger partial charge in [0.15, 0.2) is 0 Å². The van der Waals surface area contributed by atoms with Gasteiger partial charge in [-0.1, -0.05) is 0 Å². The summed E-state index contributed by atoms with van der Waals surface area (Å²) in [5.74, 6) is -0.203. The number of likely N-dealkylation sites (tertiary alicyclic amines) is 1. The minimum absolute atomic E-state index is 0.0202. The molecule has 0 bridgehead atoms. The first-order valence-electron chi connectivity index (χ1n) is 5.89. The molecule has 0 unspecified atom stereocenters. The van der Waals surface area contributed by atoms with Crippen LogP contribution in [-0.2, 0) is 4.79 Å². The third-order valence-corrected chi connectivity index (χ3v) is 3.18. The Balaban J connectivity index is 2.41. The Morgan fingerprint density at radius 3 is 2.71 bits per heavy atom. The molecule has 0 saturated carbocycles. The van der Waals surface area contributed by atoms with Gasteiger partial charge in [-0.25, -0.2) is 0 Å². The van der Waals surface area contributed by atoms with E-state index < -0.39 is 24.9 Å². The number of piperidine rings is 1. The molecular formula is C11H19F3N2O. The average Bonchev–Trinajstić information content (AvgIpc) is 2.25. The summed E-state index contributed by atoms with van der Waals surface area (Å²) in [5.41, 5.74) is 5.75. The topological polar surface area (TPSA) is 46.3 Å². The number of alkyl halides is 3. The van der Waals surface area contributed by atoms with Gasteiger partial charge in [-0.2, -0.15) is 13.2 Å². The van der Waals surface area contributed by atoms with Gasteiger partial charge in [0.1, 0.15) is 0 Å². The molecule has 0 aromatic heterocycles. The van der Waals surface area contributed by atoms with Gasteiger partial charge in [0.05, 0.1) is 6.42 Å². The molecule has 1 saturated heterocycles. The van der Waals surface area contributed by atoms with E-state index in [9.17, 15) is 18.0 Å². The summed E-state index contributed by atoms with van der Waals surface area (Å²) in [4.78, 5) is 13.1. The van der Waals surface area contributed by atoms with Crippen molar-refractivity contribution in [2.45, 2.75) is 44.8 Å². The highest BCUT2D eigenvalue weighted by Crippen LogP contribution is 2.24. The van der Waals surface area contributed by atoms with Crippen LogP contribution in [0.4, 0.5) is 13.2 Å². The molecule has 0 aliphatic carbocycles. The van der Waals surface area contributed by atoms with Gasteiger partial charge in [0, 0.05) is 25.6 Å². The van der Waals surface area contributed by atoms with Crippen molar-refractivity contribution in [3.05, 3.63) is 0 Å². The first-order chi connectivity index (χ1) is 7.79. The van der Waals surface area contributed by atoms with E-state index in [1.165, 1.54) is 4.90 Å². The van der Waals surface area contributed by atoms with Crippen molar-refractivity contribution in [1.82, 2.24) is 4.90 Å². The number of halogens is 3. The van der Waals surface area contributed by atoms with Crippen LogP contribution >= 0.6 is 0 Å². The van der Waals surface area contributed by atoms with E-state index in [4.69, 9.17) is 5.73 Å². The molecule has 2 N–H and O–H groups in total. The van der Waals surface area contributed by atoms with Crippen molar-refractivity contribution in [1.29, 1.82) is 0 Å². The molecule has 0 aromatic rings. The van der Waals surface area contributed by atoms with Gasteiger partial charge in [-0.15, -0.1) is 0 Å². The first-order valence-corrected chi connectivity index (χ1v) is 5.89. The molecule has 0 aromatic carbocycles. The molecular weight excluding hydrogens is 233 g/mol. The van der Waals surface area contributed by atoms with Crippen molar-refractivity contribution in [3.8, 4) is 0 Å². The first kappa shape index (κ1) is 14.3. The maximum atomic E-state index is 12.0. The Kier molecular flexibility index (Phi) is 4.80. The lowest BCUT2D eigenvalue weighted by atomic mass is 9.92. The molecule has 6 heteroatoms. The summed E-state index contributed by atoms with van der Waals surface area (Å²) in [7, 11) is 0. The van der Waals surface area contributed by atoms with E-state index in [-0.39, 0.29) is 12.0 Å². The molecule has 0 spiro atoms. The normalized spacial score (nSPS) is 23.6. The van der Waals surface area contributed by atoms with E-state index in [2.05, 4.69) is 0 Å². The molecule has 3 nitrogen and oxygen atoms in total. The Morgan fingerprint density at radius 1 is 1.53 bits per heavy atom. The molecule has 1 aliphatic rings. The van der Waals surface area contributed by atoms with Crippen LogP contribution in [0.15, 0.2) is 0 Å². The fraction of sp³-hybridized carbons (Fsp3) is 0.909. The Labute approximate surface area is 99.1 Å². The highest BCUT2D eigenvalue weighted by Gasteiger charge is 2.31. The van der Waals surface area contributed by atoms with Crippen LogP contribution in [0.2, 0.25) is 0 Å². The Hall–Kier alpha value is -0.780. The predicted molar refractivity (Wildman–Crippen MR) is 58.2 cm³/mol. The van der Waals surface area contributed by atoms with Crippen molar-refractivity contribution >= 4 is 5.91 Å². The van der Waals surface area contributed by atoms with Gasteiger partial charge in [0.2, 0.25) is 5.91 Å². The zero-order chi connectivity index (χ0) is 13.1. The lowest BCUT2D eigenvalue weighted by Crippen LogP contribution is -2.45. The van der Waals surface area contributed by atoms with Crippen molar-refractivity contribution in [2.24, 2.45) is 11.7 Å². The lowest BCUT2D eigenvalue weighted by Gasteiger charge is -2.34. The molecule has 0 radical (unpaired) electrons. The van der Waals surface area contributed by atoms with Crippen LogP contribution in [0, 0.1) is 5.92 Å². The van der Waals surface area contributed by atoms with Gasteiger partial charge in [-0.3, -0.25) is 4.79 Å². The smallest absolute Gasteiger partial charge is 0.342 e. The summed E-state index contributed by atoms with van der Waals surface area (Å²) in [5, 5.41) is 0. The number of hydrogen-bond donors (Lipinski definition) is 1. The highest BCUT2D eigenvalue weighted by atomic mass is 19.4. The zero-order valence-electron chi connectivity index (χ0n) is 9.96. The number of carbonyl (C=O) groups is 1. The van der Waals surface area contributed by atoms with Crippen molar-refractivity contribution < 1.29 is 18.0 Å². The molecule has 17 heavy (non-hydrogen) atoms. The Morgan fingerprint density at radius 2 is 2.18 bits per heavy atom. The quantitative estimate of drug-likeness (QED) is 0.834. The number of carbonyl (C=O) groups excluding carboxylic acids is 1. The highest BCUT2D eigenvalue weighted by molar-refractivity contribution is 5.76. The van der Waals surface area contributed by atoms with E-state index >= 15 is 0 Å². The predicted octanol–water partition coefficient (Wildman–Crippen LogP) is 1.91. The van der Waals surface area contributed by atoms with E-state index in [1.807, 2.05) is 6.92 Å². The largest absolute Gasteiger partial charge is 0.389 e. The summed E-state index contributed by atoms with van der Waals surface area (Å²) >= 11 is 0. The molecule has 1 aliphatic heterocycles. The van der Waals surface area contributed by atoms with Crippen LogP contribution < -0.4 is 5.73 Å². The average molecular weight is 252 g/mol. The van der Waals surface area contributed by atoms with Crippen LogP contribution in [0.5, 0.6) is 0 Å². The van der Waals surface area contributed by atoms with Crippen molar-refractivity contribution in [2.75, 3.05) is 13.1 Å². The maximum Gasteiger partial charge on any atom is 0.389 e.